The standard InChI is InChI=1S/C17H22N2O/c1-12(2)16-6-5-15(9-13(16)3)20-17-10-14(11-18-4)7-8-19-17/h5-10,12,18H,11H2,1-4H3. The van der Waals surface area contributed by atoms with Crippen LogP contribution in [0.25, 0.3) is 0 Å². The highest BCUT2D eigenvalue weighted by atomic mass is 16.5. The first kappa shape index (κ1) is 14.5. The van der Waals surface area contributed by atoms with Gasteiger partial charge in [-0.1, -0.05) is 19.9 Å². The molecule has 3 nitrogen and oxygen atoms in total. The van der Waals surface area contributed by atoms with Gasteiger partial charge < -0.3 is 10.1 Å². The third kappa shape index (κ3) is 3.58. The summed E-state index contributed by atoms with van der Waals surface area (Å²) in [4.78, 5) is 4.25. The molecule has 0 radical (unpaired) electrons. The topological polar surface area (TPSA) is 34.2 Å². The summed E-state index contributed by atoms with van der Waals surface area (Å²) in [6, 6.07) is 10.2. The molecule has 2 rings (SSSR count). The van der Waals surface area contributed by atoms with Crippen LogP contribution < -0.4 is 10.1 Å². The number of nitrogens with zero attached hydrogens (tertiary/aromatic N) is 1. The van der Waals surface area contributed by atoms with Crippen molar-refractivity contribution in [1.82, 2.24) is 10.3 Å². The minimum Gasteiger partial charge on any atom is -0.439 e. The van der Waals surface area contributed by atoms with Crippen molar-refractivity contribution < 1.29 is 4.74 Å². The first-order chi connectivity index (χ1) is 9.60. The van der Waals surface area contributed by atoms with Gasteiger partial charge >= 0.3 is 0 Å². The van der Waals surface area contributed by atoms with Crippen LogP contribution in [0.4, 0.5) is 0 Å². The summed E-state index contributed by atoms with van der Waals surface area (Å²) < 4.78 is 5.84. The molecule has 1 aromatic heterocycles. The number of aryl methyl sites for hydroxylation is 1. The predicted octanol–water partition coefficient (Wildman–Crippen LogP) is 4.03. The molecule has 0 bridgehead atoms. The van der Waals surface area contributed by atoms with Crippen molar-refractivity contribution in [2.24, 2.45) is 0 Å². The number of benzene rings is 1. The van der Waals surface area contributed by atoms with Crippen molar-refractivity contribution in [3.05, 3.63) is 53.2 Å². The molecular formula is C17H22N2O. The molecule has 1 aromatic carbocycles. The lowest BCUT2D eigenvalue weighted by Crippen LogP contribution is -2.05. The van der Waals surface area contributed by atoms with Crippen LogP contribution in [0.3, 0.4) is 0 Å². The Labute approximate surface area is 121 Å². The van der Waals surface area contributed by atoms with Crippen LogP contribution in [-0.2, 0) is 6.54 Å². The average molecular weight is 270 g/mol. The Morgan fingerprint density at radius 1 is 1.20 bits per heavy atom. The Morgan fingerprint density at radius 2 is 2.00 bits per heavy atom. The highest BCUT2D eigenvalue weighted by Crippen LogP contribution is 2.26. The van der Waals surface area contributed by atoms with Gasteiger partial charge in [0.1, 0.15) is 5.75 Å². The van der Waals surface area contributed by atoms with E-state index in [1.54, 1.807) is 6.20 Å². The van der Waals surface area contributed by atoms with Crippen molar-refractivity contribution in [3.63, 3.8) is 0 Å². The van der Waals surface area contributed by atoms with E-state index in [4.69, 9.17) is 4.74 Å². The van der Waals surface area contributed by atoms with Crippen LogP contribution in [0.5, 0.6) is 11.6 Å². The minimum absolute atomic E-state index is 0.529. The van der Waals surface area contributed by atoms with E-state index in [0.717, 1.165) is 17.9 Å². The molecule has 0 unspecified atom stereocenters. The van der Waals surface area contributed by atoms with Gasteiger partial charge in [0.2, 0.25) is 5.88 Å². The Balaban J connectivity index is 2.17. The van der Waals surface area contributed by atoms with Crippen LogP contribution in [0, 0.1) is 6.92 Å². The van der Waals surface area contributed by atoms with Crippen molar-refractivity contribution in [3.8, 4) is 11.6 Å². The van der Waals surface area contributed by atoms with Gasteiger partial charge in [0.05, 0.1) is 0 Å². The molecule has 0 spiro atoms. The summed E-state index contributed by atoms with van der Waals surface area (Å²) in [5, 5.41) is 3.12. The summed E-state index contributed by atoms with van der Waals surface area (Å²) in [6.07, 6.45) is 1.78. The third-order valence-corrected chi connectivity index (χ3v) is 3.27. The van der Waals surface area contributed by atoms with Crippen molar-refractivity contribution in [1.29, 1.82) is 0 Å². The smallest absolute Gasteiger partial charge is 0.219 e. The molecule has 3 heteroatoms. The summed E-state index contributed by atoms with van der Waals surface area (Å²) in [7, 11) is 1.93. The second-order valence-electron chi connectivity index (χ2n) is 5.31. The maximum Gasteiger partial charge on any atom is 0.219 e. The molecule has 1 N–H and O–H groups in total. The number of rotatable bonds is 5. The quantitative estimate of drug-likeness (QED) is 0.891. The summed E-state index contributed by atoms with van der Waals surface area (Å²) in [6.45, 7) is 7.33. The first-order valence-electron chi connectivity index (χ1n) is 6.98. The number of ether oxygens (including phenoxy) is 1. The van der Waals surface area contributed by atoms with Crippen LogP contribution in [0.2, 0.25) is 0 Å². The average Bonchev–Trinajstić information content (AvgIpc) is 2.39. The number of hydrogen-bond acceptors (Lipinski definition) is 3. The largest absolute Gasteiger partial charge is 0.439 e. The van der Waals surface area contributed by atoms with Crippen molar-refractivity contribution in [2.75, 3.05) is 7.05 Å². The van der Waals surface area contributed by atoms with E-state index in [1.807, 2.05) is 25.2 Å². The molecule has 0 aliphatic carbocycles. The molecule has 0 fully saturated rings. The van der Waals surface area contributed by atoms with Crippen molar-refractivity contribution >= 4 is 0 Å². The van der Waals surface area contributed by atoms with Gasteiger partial charge in [0, 0.05) is 18.8 Å². The maximum atomic E-state index is 5.84. The van der Waals surface area contributed by atoms with E-state index in [0.29, 0.717) is 11.8 Å². The highest BCUT2D eigenvalue weighted by Gasteiger charge is 2.06. The van der Waals surface area contributed by atoms with E-state index in [9.17, 15) is 0 Å². The molecule has 0 atom stereocenters. The molecule has 0 amide bonds. The fourth-order valence-electron chi connectivity index (χ4n) is 2.30. The second-order valence-corrected chi connectivity index (χ2v) is 5.31. The summed E-state index contributed by atoms with van der Waals surface area (Å²) >= 11 is 0. The fourth-order valence-corrected chi connectivity index (χ4v) is 2.30. The Morgan fingerprint density at radius 3 is 2.65 bits per heavy atom. The van der Waals surface area contributed by atoms with Crippen LogP contribution in [-0.4, -0.2) is 12.0 Å². The number of hydrogen-bond donors (Lipinski definition) is 1. The minimum atomic E-state index is 0.529. The molecule has 0 aliphatic heterocycles. The Hall–Kier alpha value is -1.87. The zero-order valence-corrected chi connectivity index (χ0v) is 12.6. The maximum absolute atomic E-state index is 5.84. The van der Waals surface area contributed by atoms with Gasteiger partial charge in [-0.3, -0.25) is 0 Å². The molecule has 0 saturated heterocycles. The Bertz CT molecular complexity index is 579. The van der Waals surface area contributed by atoms with Gasteiger partial charge in [-0.2, -0.15) is 0 Å². The van der Waals surface area contributed by atoms with Gasteiger partial charge in [-0.15, -0.1) is 0 Å². The fraction of sp³-hybridized carbons (Fsp3) is 0.353. The van der Waals surface area contributed by atoms with Gasteiger partial charge in [-0.25, -0.2) is 4.98 Å². The normalized spacial score (nSPS) is 10.8. The van der Waals surface area contributed by atoms with E-state index >= 15 is 0 Å². The summed E-state index contributed by atoms with van der Waals surface area (Å²) in [5.74, 6) is 2.00. The molecule has 0 aliphatic rings. The monoisotopic (exact) mass is 270 g/mol. The number of aromatic nitrogens is 1. The SMILES string of the molecule is CNCc1ccnc(Oc2ccc(C(C)C)c(C)c2)c1. The summed E-state index contributed by atoms with van der Waals surface area (Å²) in [5.41, 5.74) is 3.77. The molecular weight excluding hydrogens is 248 g/mol. The lowest BCUT2D eigenvalue weighted by molar-refractivity contribution is 0.461. The lowest BCUT2D eigenvalue weighted by Gasteiger charge is -2.12. The van der Waals surface area contributed by atoms with Gasteiger partial charge in [0.25, 0.3) is 0 Å². The molecule has 20 heavy (non-hydrogen) atoms. The van der Waals surface area contributed by atoms with E-state index in [1.165, 1.54) is 11.1 Å². The first-order valence-corrected chi connectivity index (χ1v) is 6.98. The van der Waals surface area contributed by atoms with Crippen LogP contribution >= 0.6 is 0 Å². The Kier molecular flexibility index (Phi) is 4.74. The molecule has 0 saturated carbocycles. The third-order valence-electron chi connectivity index (χ3n) is 3.27. The van der Waals surface area contributed by atoms with Crippen molar-refractivity contribution in [2.45, 2.75) is 33.2 Å². The van der Waals surface area contributed by atoms with E-state index in [-0.39, 0.29) is 0 Å². The second kappa shape index (κ2) is 6.53. The van der Waals surface area contributed by atoms with Crippen LogP contribution in [0.15, 0.2) is 36.5 Å². The number of pyridine rings is 1. The zero-order chi connectivity index (χ0) is 14.5. The predicted molar refractivity (Wildman–Crippen MR) is 82.3 cm³/mol. The number of nitrogens with one attached hydrogen (secondary N) is 1. The molecule has 106 valence electrons. The van der Waals surface area contributed by atoms with E-state index < -0.39 is 0 Å². The lowest BCUT2D eigenvalue weighted by atomic mass is 9.98. The molecule has 2 aromatic rings. The highest BCUT2D eigenvalue weighted by molar-refractivity contribution is 5.38. The molecule has 1 heterocycles. The van der Waals surface area contributed by atoms with E-state index in [2.05, 4.69) is 43.2 Å². The zero-order valence-electron chi connectivity index (χ0n) is 12.6. The van der Waals surface area contributed by atoms with Gasteiger partial charge in [0.15, 0.2) is 0 Å². The van der Waals surface area contributed by atoms with Gasteiger partial charge in [-0.05, 0) is 54.8 Å². The van der Waals surface area contributed by atoms with Crippen LogP contribution in [0.1, 0.15) is 36.5 Å².